The molecule has 0 aliphatic heterocycles. The summed E-state index contributed by atoms with van der Waals surface area (Å²) in [6, 6.07) is 5.27. The minimum atomic E-state index is -0.0634. The van der Waals surface area contributed by atoms with Gasteiger partial charge in [-0.3, -0.25) is 4.79 Å². The van der Waals surface area contributed by atoms with Gasteiger partial charge in [0, 0.05) is 16.8 Å². The van der Waals surface area contributed by atoms with Crippen molar-refractivity contribution in [2.24, 2.45) is 0 Å². The zero-order valence-electron chi connectivity index (χ0n) is 9.83. The van der Waals surface area contributed by atoms with Crippen LogP contribution in [0.3, 0.4) is 0 Å². The van der Waals surface area contributed by atoms with Crippen molar-refractivity contribution in [2.45, 2.75) is 19.8 Å². The van der Waals surface area contributed by atoms with E-state index in [0.29, 0.717) is 25.3 Å². The van der Waals surface area contributed by atoms with Crippen LogP contribution >= 0.6 is 15.9 Å². The van der Waals surface area contributed by atoms with Crippen LogP contribution in [0.15, 0.2) is 22.7 Å². The van der Waals surface area contributed by atoms with Crippen molar-refractivity contribution >= 4 is 33.2 Å². The first-order chi connectivity index (χ1) is 8.13. The molecule has 0 heterocycles. The molecule has 0 saturated heterocycles. The van der Waals surface area contributed by atoms with E-state index >= 15 is 0 Å². The molecule has 0 bridgehead atoms. The number of amides is 1. The lowest BCUT2D eigenvalue weighted by Crippen LogP contribution is -2.14. The standard InChI is InChI=1S/C12H17BrN2O2/c1-2-6-17-7-5-12(16)15-11-4-3-9(14)8-10(11)13/h3-4,8H,2,5-7,14H2,1H3,(H,15,16). The van der Waals surface area contributed by atoms with Crippen molar-refractivity contribution in [2.75, 3.05) is 24.3 Å². The zero-order chi connectivity index (χ0) is 12.7. The Balaban J connectivity index is 2.40. The zero-order valence-corrected chi connectivity index (χ0v) is 11.4. The molecule has 4 nitrogen and oxygen atoms in total. The summed E-state index contributed by atoms with van der Waals surface area (Å²) in [7, 11) is 0. The van der Waals surface area contributed by atoms with E-state index in [4.69, 9.17) is 10.5 Å². The summed E-state index contributed by atoms with van der Waals surface area (Å²) in [6.45, 7) is 3.18. The Bertz CT molecular complexity index is 383. The Labute approximate surface area is 110 Å². The van der Waals surface area contributed by atoms with Gasteiger partial charge in [-0.05, 0) is 40.5 Å². The molecule has 1 amide bonds. The molecule has 94 valence electrons. The fourth-order valence-electron chi connectivity index (χ4n) is 1.26. The molecule has 3 N–H and O–H groups in total. The smallest absolute Gasteiger partial charge is 0.226 e. The van der Waals surface area contributed by atoms with Crippen LogP contribution in [0.4, 0.5) is 11.4 Å². The van der Waals surface area contributed by atoms with E-state index in [1.165, 1.54) is 0 Å². The number of anilines is 2. The van der Waals surface area contributed by atoms with Crippen molar-refractivity contribution in [1.82, 2.24) is 0 Å². The van der Waals surface area contributed by atoms with E-state index in [9.17, 15) is 4.79 Å². The largest absolute Gasteiger partial charge is 0.399 e. The minimum Gasteiger partial charge on any atom is -0.399 e. The van der Waals surface area contributed by atoms with E-state index < -0.39 is 0 Å². The first-order valence-corrected chi connectivity index (χ1v) is 6.35. The molecule has 0 atom stereocenters. The number of benzene rings is 1. The third kappa shape index (κ3) is 5.19. The summed E-state index contributed by atoms with van der Waals surface area (Å²) in [5, 5.41) is 2.79. The molecule has 1 rings (SSSR count). The molecular formula is C12H17BrN2O2. The van der Waals surface area contributed by atoms with Crippen molar-refractivity contribution in [1.29, 1.82) is 0 Å². The van der Waals surface area contributed by atoms with Gasteiger partial charge in [-0.2, -0.15) is 0 Å². The van der Waals surface area contributed by atoms with Crippen molar-refractivity contribution in [3.05, 3.63) is 22.7 Å². The predicted molar refractivity (Wildman–Crippen MR) is 72.9 cm³/mol. The highest BCUT2D eigenvalue weighted by Gasteiger charge is 2.05. The highest BCUT2D eigenvalue weighted by atomic mass is 79.9. The van der Waals surface area contributed by atoms with Crippen molar-refractivity contribution in [3.63, 3.8) is 0 Å². The number of carbonyl (C=O) groups excluding carboxylic acids is 1. The molecule has 5 heteroatoms. The van der Waals surface area contributed by atoms with Gasteiger partial charge in [0.2, 0.25) is 5.91 Å². The summed E-state index contributed by atoms with van der Waals surface area (Å²) in [6.07, 6.45) is 1.32. The summed E-state index contributed by atoms with van der Waals surface area (Å²) < 4.78 is 6.03. The van der Waals surface area contributed by atoms with Gasteiger partial charge in [-0.1, -0.05) is 6.92 Å². The number of ether oxygens (including phenoxy) is 1. The molecular weight excluding hydrogens is 284 g/mol. The minimum absolute atomic E-state index is 0.0634. The summed E-state index contributed by atoms with van der Waals surface area (Å²) in [4.78, 5) is 11.6. The molecule has 0 aliphatic rings. The molecule has 1 aromatic carbocycles. The molecule has 0 unspecified atom stereocenters. The predicted octanol–water partition coefficient (Wildman–Crippen LogP) is 2.79. The quantitative estimate of drug-likeness (QED) is 0.627. The number of rotatable bonds is 6. The molecule has 0 aromatic heterocycles. The first-order valence-electron chi connectivity index (χ1n) is 5.56. The number of nitrogen functional groups attached to an aromatic ring is 1. The van der Waals surface area contributed by atoms with Gasteiger partial charge < -0.3 is 15.8 Å². The Morgan fingerprint density at radius 3 is 2.88 bits per heavy atom. The highest BCUT2D eigenvalue weighted by molar-refractivity contribution is 9.10. The van der Waals surface area contributed by atoms with Crippen LogP contribution in [0.2, 0.25) is 0 Å². The van der Waals surface area contributed by atoms with Gasteiger partial charge in [-0.15, -0.1) is 0 Å². The fourth-order valence-corrected chi connectivity index (χ4v) is 1.75. The van der Waals surface area contributed by atoms with Crippen LogP contribution in [0.25, 0.3) is 0 Å². The summed E-state index contributed by atoms with van der Waals surface area (Å²) in [5.41, 5.74) is 6.98. The topological polar surface area (TPSA) is 64.3 Å². The maximum Gasteiger partial charge on any atom is 0.226 e. The maximum absolute atomic E-state index is 11.6. The maximum atomic E-state index is 11.6. The number of nitrogens with one attached hydrogen (secondary N) is 1. The first kappa shape index (κ1) is 14.0. The van der Waals surface area contributed by atoms with Crippen LogP contribution < -0.4 is 11.1 Å². The molecule has 1 aromatic rings. The molecule has 0 fully saturated rings. The second kappa shape index (κ2) is 7.29. The monoisotopic (exact) mass is 300 g/mol. The van der Waals surface area contributed by atoms with Crippen LogP contribution in [-0.2, 0) is 9.53 Å². The molecule has 0 radical (unpaired) electrons. The Morgan fingerprint density at radius 1 is 1.47 bits per heavy atom. The molecule has 0 saturated carbocycles. The third-order valence-electron chi connectivity index (χ3n) is 2.09. The normalized spacial score (nSPS) is 10.2. The van der Waals surface area contributed by atoms with Gasteiger partial charge >= 0.3 is 0 Å². The van der Waals surface area contributed by atoms with E-state index in [2.05, 4.69) is 21.2 Å². The summed E-state index contributed by atoms with van der Waals surface area (Å²) in [5.74, 6) is -0.0634. The highest BCUT2D eigenvalue weighted by Crippen LogP contribution is 2.24. The van der Waals surface area contributed by atoms with E-state index in [1.807, 2.05) is 6.92 Å². The SMILES string of the molecule is CCCOCCC(=O)Nc1ccc(N)cc1Br. The van der Waals surface area contributed by atoms with E-state index in [-0.39, 0.29) is 5.91 Å². The average molecular weight is 301 g/mol. The Morgan fingerprint density at radius 2 is 2.24 bits per heavy atom. The molecule has 0 aliphatic carbocycles. The Kier molecular flexibility index (Phi) is 6.00. The van der Waals surface area contributed by atoms with Gasteiger partial charge in [0.1, 0.15) is 0 Å². The Hall–Kier alpha value is -1.07. The molecule has 17 heavy (non-hydrogen) atoms. The lowest BCUT2D eigenvalue weighted by Gasteiger charge is -2.08. The van der Waals surface area contributed by atoms with Crippen LogP contribution in [-0.4, -0.2) is 19.1 Å². The second-order valence-corrected chi connectivity index (χ2v) is 4.50. The van der Waals surface area contributed by atoms with Crippen molar-refractivity contribution < 1.29 is 9.53 Å². The van der Waals surface area contributed by atoms with Gasteiger partial charge in [0.25, 0.3) is 0 Å². The van der Waals surface area contributed by atoms with Crippen LogP contribution in [0.5, 0.6) is 0 Å². The lowest BCUT2D eigenvalue weighted by molar-refractivity contribution is -0.117. The lowest BCUT2D eigenvalue weighted by atomic mass is 10.3. The fraction of sp³-hybridized carbons (Fsp3) is 0.417. The third-order valence-corrected chi connectivity index (χ3v) is 2.75. The summed E-state index contributed by atoms with van der Waals surface area (Å²) >= 11 is 3.34. The van der Waals surface area contributed by atoms with Gasteiger partial charge in [0.15, 0.2) is 0 Å². The van der Waals surface area contributed by atoms with E-state index in [0.717, 1.165) is 16.6 Å². The van der Waals surface area contributed by atoms with Gasteiger partial charge in [-0.25, -0.2) is 0 Å². The number of hydrogen-bond donors (Lipinski definition) is 2. The van der Waals surface area contributed by atoms with Gasteiger partial charge in [0.05, 0.1) is 18.7 Å². The number of carbonyl (C=O) groups is 1. The van der Waals surface area contributed by atoms with Crippen LogP contribution in [0, 0.1) is 0 Å². The average Bonchev–Trinajstić information content (AvgIpc) is 2.28. The number of nitrogens with two attached hydrogens (primary N) is 1. The van der Waals surface area contributed by atoms with Crippen molar-refractivity contribution in [3.8, 4) is 0 Å². The van der Waals surface area contributed by atoms with Crippen LogP contribution in [0.1, 0.15) is 19.8 Å². The molecule has 0 spiro atoms. The number of halogens is 1. The van der Waals surface area contributed by atoms with E-state index in [1.54, 1.807) is 18.2 Å². The second-order valence-electron chi connectivity index (χ2n) is 3.65. The number of hydrogen-bond acceptors (Lipinski definition) is 3.